The average Bonchev–Trinajstić information content (AvgIpc) is 2.39. The van der Waals surface area contributed by atoms with E-state index in [4.69, 9.17) is 5.11 Å². The van der Waals surface area contributed by atoms with E-state index in [-0.39, 0.29) is 24.1 Å². The van der Waals surface area contributed by atoms with Gasteiger partial charge in [0, 0.05) is 17.1 Å². The number of aliphatic carboxylic acids is 1. The molecular formula is C15H20FNO3S. The number of hydrogen-bond acceptors (Lipinski definition) is 3. The zero-order valence-corrected chi connectivity index (χ0v) is 13.0. The fraction of sp³-hybridized carbons (Fsp3) is 0.467. The molecule has 0 radical (unpaired) electrons. The van der Waals surface area contributed by atoms with E-state index in [1.165, 1.54) is 23.9 Å². The van der Waals surface area contributed by atoms with Crippen LogP contribution < -0.4 is 5.32 Å². The van der Waals surface area contributed by atoms with Crippen LogP contribution in [0.4, 0.5) is 4.39 Å². The summed E-state index contributed by atoms with van der Waals surface area (Å²) in [6.07, 6.45) is 0.635. The first-order valence-corrected chi connectivity index (χ1v) is 7.77. The molecule has 1 aromatic rings. The summed E-state index contributed by atoms with van der Waals surface area (Å²) in [7, 11) is 0. The van der Waals surface area contributed by atoms with Gasteiger partial charge in [-0.3, -0.25) is 4.79 Å². The molecule has 1 amide bonds. The first kappa shape index (κ1) is 17.5. The quantitative estimate of drug-likeness (QED) is 0.724. The molecule has 0 saturated heterocycles. The zero-order chi connectivity index (χ0) is 15.8. The van der Waals surface area contributed by atoms with Crippen LogP contribution in [0, 0.1) is 11.7 Å². The first-order valence-electron chi connectivity index (χ1n) is 6.79. The fourth-order valence-corrected chi connectivity index (χ4v) is 2.60. The Balaban J connectivity index is 2.35. The molecule has 1 atom stereocenters. The van der Waals surface area contributed by atoms with Crippen molar-refractivity contribution in [1.82, 2.24) is 5.32 Å². The maximum absolute atomic E-state index is 12.7. The second-order valence-electron chi connectivity index (χ2n) is 5.14. The highest BCUT2D eigenvalue weighted by molar-refractivity contribution is 7.99. The van der Waals surface area contributed by atoms with Crippen LogP contribution in [-0.2, 0) is 9.59 Å². The van der Waals surface area contributed by atoms with Gasteiger partial charge in [-0.1, -0.05) is 13.8 Å². The Labute approximate surface area is 128 Å². The summed E-state index contributed by atoms with van der Waals surface area (Å²) in [5.41, 5.74) is 0. The Morgan fingerprint density at radius 3 is 2.43 bits per heavy atom. The van der Waals surface area contributed by atoms with E-state index < -0.39 is 12.0 Å². The second-order valence-corrected chi connectivity index (χ2v) is 6.31. The van der Waals surface area contributed by atoms with E-state index >= 15 is 0 Å². The Morgan fingerprint density at radius 1 is 1.29 bits per heavy atom. The third-order valence-corrected chi connectivity index (χ3v) is 3.77. The van der Waals surface area contributed by atoms with E-state index in [9.17, 15) is 14.0 Å². The smallest absolute Gasteiger partial charge is 0.326 e. The van der Waals surface area contributed by atoms with Gasteiger partial charge in [0.2, 0.25) is 5.91 Å². The molecule has 21 heavy (non-hydrogen) atoms. The summed E-state index contributed by atoms with van der Waals surface area (Å²) in [4.78, 5) is 23.7. The minimum absolute atomic E-state index is 0.194. The molecule has 1 rings (SSSR count). The molecule has 116 valence electrons. The summed E-state index contributed by atoms with van der Waals surface area (Å²) in [5, 5.41) is 11.6. The number of carboxylic acid groups (broad SMARTS) is 1. The number of benzene rings is 1. The molecule has 0 saturated carbocycles. The van der Waals surface area contributed by atoms with Crippen molar-refractivity contribution in [2.45, 2.75) is 37.6 Å². The van der Waals surface area contributed by atoms with Crippen molar-refractivity contribution in [2.75, 3.05) is 5.75 Å². The van der Waals surface area contributed by atoms with Crippen LogP contribution in [0.1, 0.15) is 26.7 Å². The fourth-order valence-electron chi connectivity index (χ4n) is 1.75. The van der Waals surface area contributed by atoms with Gasteiger partial charge in [0.15, 0.2) is 0 Å². The summed E-state index contributed by atoms with van der Waals surface area (Å²) >= 11 is 1.43. The SMILES string of the molecule is CC(C)C[C@H](NC(=O)CCSc1ccc(F)cc1)C(=O)O. The molecule has 0 aliphatic heterocycles. The lowest BCUT2D eigenvalue weighted by Crippen LogP contribution is -2.41. The van der Waals surface area contributed by atoms with Crippen LogP contribution in [0.3, 0.4) is 0 Å². The van der Waals surface area contributed by atoms with E-state index in [0.29, 0.717) is 12.2 Å². The summed E-state index contributed by atoms with van der Waals surface area (Å²) in [6, 6.07) is 5.19. The molecule has 2 N–H and O–H groups in total. The number of nitrogens with one attached hydrogen (secondary N) is 1. The lowest BCUT2D eigenvalue weighted by Gasteiger charge is -2.16. The van der Waals surface area contributed by atoms with Crippen LogP contribution in [-0.4, -0.2) is 28.8 Å². The summed E-state index contributed by atoms with van der Waals surface area (Å²) in [5.74, 6) is -0.873. The second kappa shape index (κ2) is 8.67. The van der Waals surface area contributed by atoms with Gasteiger partial charge < -0.3 is 10.4 Å². The third-order valence-electron chi connectivity index (χ3n) is 2.75. The highest BCUT2D eigenvalue weighted by Gasteiger charge is 2.20. The van der Waals surface area contributed by atoms with Gasteiger partial charge in [0.1, 0.15) is 11.9 Å². The molecule has 0 heterocycles. The molecule has 0 aliphatic rings. The van der Waals surface area contributed by atoms with Crippen LogP contribution in [0.25, 0.3) is 0 Å². The number of amides is 1. The van der Waals surface area contributed by atoms with Gasteiger partial charge >= 0.3 is 5.97 Å². The Kier molecular flexibility index (Phi) is 7.22. The largest absolute Gasteiger partial charge is 0.480 e. The standard InChI is InChI=1S/C15H20FNO3S/c1-10(2)9-13(15(19)20)17-14(18)7-8-21-12-5-3-11(16)4-6-12/h3-6,10,13H,7-9H2,1-2H3,(H,17,18)(H,19,20)/t13-/m0/s1. The number of carbonyl (C=O) groups is 2. The van der Waals surface area contributed by atoms with Crippen molar-refractivity contribution >= 4 is 23.6 Å². The lowest BCUT2D eigenvalue weighted by molar-refractivity contribution is -0.142. The maximum Gasteiger partial charge on any atom is 0.326 e. The van der Waals surface area contributed by atoms with Gasteiger partial charge in [-0.05, 0) is 36.6 Å². The number of carbonyl (C=O) groups excluding carboxylic acids is 1. The molecule has 0 bridgehead atoms. The van der Waals surface area contributed by atoms with Crippen molar-refractivity contribution in [1.29, 1.82) is 0 Å². The predicted octanol–water partition coefficient (Wildman–Crippen LogP) is 2.92. The molecule has 0 unspecified atom stereocenters. The molecule has 0 spiro atoms. The number of rotatable bonds is 8. The van der Waals surface area contributed by atoms with Gasteiger partial charge in [-0.15, -0.1) is 11.8 Å². The summed E-state index contributed by atoms with van der Waals surface area (Å²) in [6.45, 7) is 3.82. The van der Waals surface area contributed by atoms with E-state index in [2.05, 4.69) is 5.32 Å². The number of carboxylic acids is 1. The van der Waals surface area contributed by atoms with Crippen molar-refractivity contribution in [3.8, 4) is 0 Å². The molecule has 6 heteroatoms. The maximum atomic E-state index is 12.7. The van der Waals surface area contributed by atoms with Crippen molar-refractivity contribution in [3.05, 3.63) is 30.1 Å². The molecule has 0 aliphatic carbocycles. The Bertz CT molecular complexity index is 476. The monoisotopic (exact) mass is 313 g/mol. The number of hydrogen-bond donors (Lipinski definition) is 2. The highest BCUT2D eigenvalue weighted by atomic mass is 32.2. The Morgan fingerprint density at radius 2 is 1.90 bits per heavy atom. The minimum Gasteiger partial charge on any atom is -0.480 e. The van der Waals surface area contributed by atoms with Crippen LogP contribution in [0.5, 0.6) is 0 Å². The average molecular weight is 313 g/mol. The summed E-state index contributed by atoms with van der Waals surface area (Å²) < 4.78 is 12.7. The normalized spacial score (nSPS) is 12.2. The van der Waals surface area contributed by atoms with Crippen LogP contribution in [0.2, 0.25) is 0 Å². The topological polar surface area (TPSA) is 66.4 Å². The first-order chi connectivity index (χ1) is 9.88. The van der Waals surface area contributed by atoms with Gasteiger partial charge in [0.05, 0.1) is 0 Å². The number of halogens is 1. The third kappa shape index (κ3) is 7.13. The number of thioether (sulfide) groups is 1. The zero-order valence-electron chi connectivity index (χ0n) is 12.1. The van der Waals surface area contributed by atoms with Crippen LogP contribution >= 0.6 is 11.8 Å². The molecule has 4 nitrogen and oxygen atoms in total. The van der Waals surface area contributed by atoms with E-state index in [0.717, 1.165) is 4.90 Å². The van der Waals surface area contributed by atoms with E-state index in [1.54, 1.807) is 12.1 Å². The van der Waals surface area contributed by atoms with Crippen molar-refractivity contribution < 1.29 is 19.1 Å². The van der Waals surface area contributed by atoms with Gasteiger partial charge in [0.25, 0.3) is 0 Å². The van der Waals surface area contributed by atoms with E-state index in [1.807, 2.05) is 13.8 Å². The predicted molar refractivity (Wildman–Crippen MR) is 80.8 cm³/mol. The lowest BCUT2D eigenvalue weighted by atomic mass is 10.0. The van der Waals surface area contributed by atoms with Crippen molar-refractivity contribution in [3.63, 3.8) is 0 Å². The van der Waals surface area contributed by atoms with Crippen LogP contribution in [0.15, 0.2) is 29.2 Å². The highest BCUT2D eigenvalue weighted by Crippen LogP contribution is 2.18. The van der Waals surface area contributed by atoms with Gasteiger partial charge in [-0.25, -0.2) is 9.18 Å². The minimum atomic E-state index is -1.01. The van der Waals surface area contributed by atoms with Crippen molar-refractivity contribution in [2.24, 2.45) is 5.92 Å². The Hall–Kier alpha value is -1.56. The molecule has 1 aromatic carbocycles. The molecule has 0 aromatic heterocycles. The molecule has 0 fully saturated rings. The molecular weight excluding hydrogens is 293 g/mol. The van der Waals surface area contributed by atoms with Gasteiger partial charge in [-0.2, -0.15) is 0 Å².